The van der Waals surface area contributed by atoms with Crippen LogP contribution in [0.3, 0.4) is 0 Å². The molecule has 2 aliphatic rings. The van der Waals surface area contributed by atoms with E-state index in [-0.39, 0.29) is 46.2 Å². The molecule has 0 aliphatic carbocycles. The first-order valence-electron chi connectivity index (χ1n) is 21.6. The molecule has 64 heavy (non-hydrogen) atoms. The van der Waals surface area contributed by atoms with Crippen molar-refractivity contribution in [2.75, 3.05) is 13.2 Å². The van der Waals surface area contributed by atoms with E-state index in [9.17, 15) is 19.8 Å². The highest BCUT2D eigenvalue weighted by molar-refractivity contribution is 5.74. The van der Waals surface area contributed by atoms with E-state index in [1.165, 1.54) is 13.8 Å². The smallest absolute Gasteiger partial charge is 0.217 e. The quantitative estimate of drug-likeness (QED) is 0.0793. The molecule has 0 aromatic heterocycles. The lowest BCUT2D eigenvalue weighted by atomic mass is 9.73. The summed E-state index contributed by atoms with van der Waals surface area (Å²) in [6.07, 6.45) is -8.77. The Hall–Kier alpha value is -5.32. The lowest BCUT2D eigenvalue weighted by molar-refractivity contribution is -0.352. The van der Waals surface area contributed by atoms with Crippen LogP contribution in [0.2, 0.25) is 0 Å². The normalized spacial score (nSPS) is 26.8. The van der Waals surface area contributed by atoms with E-state index in [0.29, 0.717) is 0 Å². The molecule has 0 bridgehead atoms. The number of amides is 2. The molecular weight excluding hydrogens is 817 g/mol. The Kier molecular flexibility index (Phi) is 16.8. The van der Waals surface area contributed by atoms with Gasteiger partial charge >= 0.3 is 0 Å². The molecule has 338 valence electrons. The number of hydrogen-bond acceptors (Lipinski definition) is 11. The predicted molar refractivity (Wildman–Crippen MR) is 237 cm³/mol. The van der Waals surface area contributed by atoms with Crippen molar-refractivity contribution in [2.45, 2.75) is 107 Å². The summed E-state index contributed by atoms with van der Waals surface area (Å²) in [5.74, 6) is -0.961. The van der Waals surface area contributed by atoms with Gasteiger partial charge in [-0.3, -0.25) is 9.59 Å². The van der Waals surface area contributed by atoms with E-state index in [1.807, 2.05) is 152 Å². The van der Waals surface area contributed by atoms with Crippen LogP contribution < -0.4 is 10.6 Å². The summed E-state index contributed by atoms with van der Waals surface area (Å²) in [4.78, 5) is 26.3. The van der Waals surface area contributed by atoms with Crippen LogP contribution >= 0.6 is 0 Å². The van der Waals surface area contributed by atoms with Crippen molar-refractivity contribution in [1.82, 2.24) is 10.6 Å². The lowest BCUT2D eigenvalue weighted by Crippen LogP contribution is -2.80. The minimum atomic E-state index is -2.42. The third-order valence-electron chi connectivity index (χ3n) is 11.4. The van der Waals surface area contributed by atoms with Crippen LogP contribution in [-0.2, 0) is 75.8 Å². The van der Waals surface area contributed by atoms with Gasteiger partial charge in [-0.2, -0.15) is 0 Å². The van der Waals surface area contributed by atoms with Gasteiger partial charge in [0.2, 0.25) is 11.8 Å². The summed E-state index contributed by atoms with van der Waals surface area (Å²) in [7, 11) is 0. The van der Waals surface area contributed by atoms with Crippen molar-refractivity contribution >= 4 is 11.8 Å². The first kappa shape index (κ1) is 46.7. The maximum Gasteiger partial charge on any atom is 0.217 e. The molecule has 2 saturated heterocycles. The van der Waals surface area contributed by atoms with Crippen molar-refractivity contribution in [3.63, 3.8) is 0 Å². The molecule has 7 rings (SSSR count). The molecular formula is C51H58N2O11. The SMILES string of the molecule is CC(=O)N[C@@H]1[C@@H](OCc2ccccc2)O[C@H](COCc2ccccc2)[C@](O)([C@@H]2O[C@H](COCc3ccccc3)[C@@H](OCc3ccccc3)[C@H](OCc3ccccc3)[C@@H]2NC(C)=O)[C@@H]1O. The summed E-state index contributed by atoms with van der Waals surface area (Å²) in [6, 6.07) is 45.2. The predicted octanol–water partition coefficient (Wildman–Crippen LogP) is 5.40. The van der Waals surface area contributed by atoms with Crippen LogP contribution in [0.1, 0.15) is 41.7 Å². The number of aliphatic hydroxyl groups is 2. The van der Waals surface area contributed by atoms with Crippen LogP contribution in [0, 0.1) is 0 Å². The lowest BCUT2D eigenvalue weighted by Gasteiger charge is -2.57. The van der Waals surface area contributed by atoms with E-state index in [4.69, 9.17) is 33.2 Å². The van der Waals surface area contributed by atoms with E-state index in [2.05, 4.69) is 10.6 Å². The Morgan fingerprint density at radius 1 is 0.531 bits per heavy atom. The fraction of sp³-hybridized carbons (Fsp3) is 0.373. The molecule has 10 atom stereocenters. The largest absolute Gasteiger partial charge is 0.388 e. The molecule has 5 aromatic rings. The molecule has 2 fully saturated rings. The fourth-order valence-corrected chi connectivity index (χ4v) is 8.31. The summed E-state index contributed by atoms with van der Waals surface area (Å²) in [6.45, 7) is 3.06. The molecule has 0 unspecified atom stereocenters. The molecule has 13 heteroatoms. The van der Waals surface area contributed by atoms with Gasteiger partial charge in [0.15, 0.2) is 6.29 Å². The highest BCUT2D eigenvalue weighted by Crippen LogP contribution is 2.42. The van der Waals surface area contributed by atoms with Crippen molar-refractivity contribution < 1.29 is 53.0 Å². The zero-order valence-corrected chi connectivity index (χ0v) is 36.1. The van der Waals surface area contributed by atoms with Crippen molar-refractivity contribution in [2.24, 2.45) is 0 Å². The first-order valence-corrected chi connectivity index (χ1v) is 21.6. The van der Waals surface area contributed by atoms with Gasteiger partial charge < -0.3 is 54.0 Å². The minimum absolute atomic E-state index is 0.0387. The molecule has 13 nitrogen and oxygen atoms in total. The molecule has 4 N–H and O–H groups in total. The fourth-order valence-electron chi connectivity index (χ4n) is 8.31. The number of aliphatic hydroxyl groups excluding tert-OH is 1. The number of benzene rings is 5. The maximum atomic E-state index is 13.5. The standard InChI is InChI=1S/C51H58N2O11/c1-35(54)52-44-47(61-31-40-24-14-6-15-25-40)46(60-30-39-22-12-5-13-23-39)42(33-58-28-37-18-8-3-9-19-37)63-49(44)51(57)43(34-59-29-38-20-10-4-11-21-38)64-50(45(48(51)56)53-36(2)55)62-32-41-26-16-7-17-27-41/h3-27,42-50,56-57H,28-34H2,1-2H3,(H,52,54)(H,53,55)/t42-,43-,44+,45+,46-,47-,48-,49-,50+,51-/m1/s1. The molecule has 0 radical (unpaired) electrons. The number of rotatable bonds is 20. The van der Waals surface area contributed by atoms with Gasteiger partial charge in [0.1, 0.15) is 48.3 Å². The van der Waals surface area contributed by atoms with Gasteiger partial charge in [0, 0.05) is 13.8 Å². The Balaban J connectivity index is 1.30. The summed E-state index contributed by atoms with van der Waals surface area (Å²) in [5.41, 5.74) is 1.93. The Bertz CT molecular complexity index is 2150. The van der Waals surface area contributed by atoms with E-state index >= 15 is 0 Å². The van der Waals surface area contributed by atoms with Gasteiger partial charge in [-0.15, -0.1) is 0 Å². The highest BCUT2D eigenvalue weighted by atomic mass is 16.7. The summed E-state index contributed by atoms with van der Waals surface area (Å²) < 4.78 is 46.1. The van der Waals surface area contributed by atoms with Gasteiger partial charge in [-0.1, -0.05) is 152 Å². The molecule has 2 aliphatic heterocycles. The van der Waals surface area contributed by atoms with Crippen molar-refractivity contribution in [3.8, 4) is 0 Å². The number of ether oxygens (including phenoxy) is 7. The average molecular weight is 875 g/mol. The monoisotopic (exact) mass is 874 g/mol. The average Bonchev–Trinajstić information content (AvgIpc) is 3.31. The third-order valence-corrected chi connectivity index (χ3v) is 11.4. The molecule has 5 aromatic carbocycles. The second-order valence-corrected chi connectivity index (χ2v) is 16.2. The molecule has 0 saturated carbocycles. The van der Waals surface area contributed by atoms with Crippen molar-refractivity contribution in [1.29, 1.82) is 0 Å². The van der Waals surface area contributed by atoms with Crippen molar-refractivity contribution in [3.05, 3.63) is 179 Å². The zero-order valence-electron chi connectivity index (χ0n) is 36.1. The topological polar surface area (TPSA) is 163 Å². The Labute approximate surface area is 374 Å². The van der Waals surface area contributed by atoms with Gasteiger partial charge in [-0.25, -0.2) is 0 Å². The zero-order chi connectivity index (χ0) is 44.7. The first-order chi connectivity index (χ1) is 31.2. The number of hydrogen-bond donors (Lipinski definition) is 4. The summed E-state index contributed by atoms with van der Waals surface area (Å²) in [5, 5.41) is 32.1. The van der Waals surface area contributed by atoms with Gasteiger partial charge in [0.25, 0.3) is 0 Å². The van der Waals surface area contributed by atoms with E-state index < -0.39 is 72.4 Å². The molecule has 2 heterocycles. The number of nitrogens with one attached hydrogen (secondary N) is 2. The third kappa shape index (κ3) is 12.3. The van der Waals surface area contributed by atoms with Crippen LogP contribution in [0.4, 0.5) is 0 Å². The number of carbonyl (C=O) groups excluding carboxylic acids is 2. The van der Waals surface area contributed by atoms with Crippen LogP contribution in [0.5, 0.6) is 0 Å². The van der Waals surface area contributed by atoms with Gasteiger partial charge in [0.05, 0.1) is 52.3 Å². The second kappa shape index (κ2) is 23.0. The Morgan fingerprint density at radius 2 is 0.922 bits per heavy atom. The van der Waals surface area contributed by atoms with Crippen LogP contribution in [0.15, 0.2) is 152 Å². The molecule has 0 spiro atoms. The van der Waals surface area contributed by atoms with Gasteiger partial charge in [-0.05, 0) is 27.8 Å². The van der Waals surface area contributed by atoms with E-state index in [1.54, 1.807) is 0 Å². The maximum absolute atomic E-state index is 13.5. The molecule has 2 amide bonds. The highest BCUT2D eigenvalue weighted by Gasteiger charge is 2.65. The number of carbonyl (C=O) groups is 2. The van der Waals surface area contributed by atoms with Crippen LogP contribution in [-0.4, -0.2) is 95.8 Å². The Morgan fingerprint density at radius 3 is 1.38 bits per heavy atom. The van der Waals surface area contributed by atoms with Crippen LogP contribution in [0.25, 0.3) is 0 Å². The minimum Gasteiger partial charge on any atom is -0.388 e. The van der Waals surface area contributed by atoms with E-state index in [0.717, 1.165) is 27.8 Å². The summed E-state index contributed by atoms with van der Waals surface area (Å²) >= 11 is 0. The second-order valence-electron chi connectivity index (χ2n) is 16.2.